The molecule has 1 heterocycles. The molecular weight excluding hydrogens is 144 g/mol. The molecule has 0 fully saturated rings. The molecular formula is C8H12OS. The van der Waals surface area contributed by atoms with E-state index in [1.54, 1.807) is 6.92 Å². The van der Waals surface area contributed by atoms with Crippen molar-refractivity contribution in [2.75, 3.05) is 11.5 Å². The van der Waals surface area contributed by atoms with Gasteiger partial charge in [-0.1, -0.05) is 11.6 Å². The molecule has 2 heteroatoms. The molecule has 0 aromatic heterocycles. The molecule has 10 heavy (non-hydrogen) atoms. The normalized spacial score (nSPS) is 18.3. The third-order valence-electron chi connectivity index (χ3n) is 1.53. The van der Waals surface area contributed by atoms with Crippen molar-refractivity contribution < 1.29 is 4.79 Å². The van der Waals surface area contributed by atoms with Crippen LogP contribution in [0.4, 0.5) is 0 Å². The van der Waals surface area contributed by atoms with Crippen molar-refractivity contribution in [2.45, 2.75) is 19.8 Å². The van der Waals surface area contributed by atoms with Gasteiger partial charge in [0.2, 0.25) is 0 Å². The number of ketones is 1. The lowest BCUT2D eigenvalue weighted by Gasteiger charge is -2.09. The van der Waals surface area contributed by atoms with Gasteiger partial charge in [0.05, 0.1) is 0 Å². The second-order valence-corrected chi connectivity index (χ2v) is 3.72. The Morgan fingerprint density at radius 3 is 3.10 bits per heavy atom. The third-order valence-corrected chi connectivity index (χ3v) is 2.43. The van der Waals surface area contributed by atoms with Crippen molar-refractivity contribution in [1.82, 2.24) is 0 Å². The van der Waals surface area contributed by atoms with Gasteiger partial charge in [-0.05, 0) is 19.1 Å². The van der Waals surface area contributed by atoms with Crippen molar-refractivity contribution in [3.63, 3.8) is 0 Å². The Morgan fingerprint density at radius 2 is 2.60 bits per heavy atom. The van der Waals surface area contributed by atoms with Crippen LogP contribution < -0.4 is 0 Å². The van der Waals surface area contributed by atoms with E-state index in [4.69, 9.17) is 0 Å². The summed E-state index contributed by atoms with van der Waals surface area (Å²) in [6, 6.07) is 0. The van der Waals surface area contributed by atoms with E-state index < -0.39 is 0 Å². The minimum absolute atomic E-state index is 0.290. The van der Waals surface area contributed by atoms with Gasteiger partial charge in [0, 0.05) is 12.2 Å². The van der Waals surface area contributed by atoms with Gasteiger partial charge >= 0.3 is 0 Å². The van der Waals surface area contributed by atoms with E-state index in [-0.39, 0.29) is 5.78 Å². The fourth-order valence-electron chi connectivity index (χ4n) is 1.05. The number of rotatable bonds is 2. The highest BCUT2D eigenvalue weighted by Crippen LogP contribution is 2.19. The molecule has 1 aliphatic heterocycles. The van der Waals surface area contributed by atoms with E-state index >= 15 is 0 Å². The lowest BCUT2D eigenvalue weighted by Crippen LogP contribution is -2.00. The topological polar surface area (TPSA) is 17.1 Å². The highest BCUT2D eigenvalue weighted by molar-refractivity contribution is 7.99. The zero-order valence-electron chi connectivity index (χ0n) is 6.22. The van der Waals surface area contributed by atoms with Crippen molar-refractivity contribution in [1.29, 1.82) is 0 Å². The number of hydrogen-bond donors (Lipinski definition) is 0. The molecule has 0 saturated heterocycles. The van der Waals surface area contributed by atoms with E-state index in [2.05, 4.69) is 6.08 Å². The highest BCUT2D eigenvalue weighted by atomic mass is 32.2. The van der Waals surface area contributed by atoms with Crippen LogP contribution in [0.25, 0.3) is 0 Å². The van der Waals surface area contributed by atoms with Crippen LogP contribution in [0.3, 0.4) is 0 Å². The first-order valence-corrected chi connectivity index (χ1v) is 4.69. The first kappa shape index (κ1) is 7.86. The first-order chi connectivity index (χ1) is 4.79. The Balaban J connectivity index is 2.38. The minimum atomic E-state index is 0.290. The molecule has 0 unspecified atom stereocenters. The van der Waals surface area contributed by atoms with Gasteiger partial charge in [-0.2, -0.15) is 11.8 Å². The molecule has 1 aliphatic rings. The maximum Gasteiger partial charge on any atom is 0.133 e. The van der Waals surface area contributed by atoms with E-state index in [1.807, 2.05) is 11.8 Å². The standard InChI is InChI=1S/C8H12OS/c1-7(9)6-8-2-4-10-5-3-8/h2H,3-6H2,1H3. The summed E-state index contributed by atoms with van der Waals surface area (Å²) in [6.45, 7) is 1.66. The van der Waals surface area contributed by atoms with Gasteiger partial charge < -0.3 is 0 Å². The summed E-state index contributed by atoms with van der Waals surface area (Å²) in [5.41, 5.74) is 1.34. The zero-order valence-corrected chi connectivity index (χ0v) is 7.04. The van der Waals surface area contributed by atoms with Gasteiger partial charge in [0.15, 0.2) is 0 Å². The Kier molecular flexibility index (Phi) is 3.00. The molecule has 1 rings (SSSR count). The largest absolute Gasteiger partial charge is 0.300 e. The second kappa shape index (κ2) is 3.81. The average Bonchev–Trinajstić information content (AvgIpc) is 1.88. The third kappa shape index (κ3) is 2.56. The van der Waals surface area contributed by atoms with Gasteiger partial charge in [0.25, 0.3) is 0 Å². The van der Waals surface area contributed by atoms with E-state index in [9.17, 15) is 4.79 Å². The summed E-state index contributed by atoms with van der Waals surface area (Å²) in [7, 11) is 0. The lowest BCUT2D eigenvalue weighted by molar-refractivity contribution is -0.116. The summed E-state index contributed by atoms with van der Waals surface area (Å²) in [4.78, 5) is 10.7. The van der Waals surface area contributed by atoms with Crippen LogP contribution in [0.1, 0.15) is 19.8 Å². The summed E-state index contributed by atoms with van der Waals surface area (Å²) in [5.74, 6) is 2.58. The van der Waals surface area contributed by atoms with Crippen molar-refractivity contribution >= 4 is 17.5 Å². The smallest absolute Gasteiger partial charge is 0.133 e. The first-order valence-electron chi connectivity index (χ1n) is 3.54. The number of carbonyl (C=O) groups is 1. The fourth-order valence-corrected chi connectivity index (χ4v) is 1.97. The Morgan fingerprint density at radius 1 is 1.80 bits per heavy atom. The second-order valence-electron chi connectivity index (χ2n) is 2.57. The Labute approximate surface area is 65.9 Å². The van der Waals surface area contributed by atoms with Gasteiger partial charge in [0.1, 0.15) is 5.78 Å². The highest BCUT2D eigenvalue weighted by Gasteiger charge is 2.04. The van der Waals surface area contributed by atoms with E-state index in [0.29, 0.717) is 6.42 Å². The molecule has 0 aliphatic carbocycles. The van der Waals surface area contributed by atoms with Crippen LogP contribution in [0.5, 0.6) is 0 Å². The molecule has 0 atom stereocenters. The van der Waals surface area contributed by atoms with Gasteiger partial charge in [-0.15, -0.1) is 0 Å². The lowest BCUT2D eigenvalue weighted by atomic mass is 10.1. The Bertz CT molecular complexity index is 161. The van der Waals surface area contributed by atoms with Crippen molar-refractivity contribution in [3.05, 3.63) is 11.6 Å². The van der Waals surface area contributed by atoms with Crippen LogP contribution in [-0.2, 0) is 4.79 Å². The predicted octanol–water partition coefficient (Wildman–Crippen LogP) is 2.03. The quantitative estimate of drug-likeness (QED) is 0.569. The number of carbonyl (C=O) groups excluding carboxylic acids is 1. The number of Topliss-reactive ketones (excluding diaryl/α,β-unsaturated/α-hetero) is 1. The van der Waals surface area contributed by atoms with Crippen molar-refractivity contribution in [2.24, 2.45) is 0 Å². The van der Waals surface area contributed by atoms with E-state index in [0.717, 1.165) is 12.2 Å². The van der Waals surface area contributed by atoms with Crippen LogP contribution in [0.15, 0.2) is 11.6 Å². The number of allylic oxidation sites excluding steroid dienone is 1. The monoisotopic (exact) mass is 156 g/mol. The molecule has 0 amide bonds. The molecule has 0 radical (unpaired) electrons. The summed E-state index contributed by atoms with van der Waals surface area (Å²) >= 11 is 1.94. The van der Waals surface area contributed by atoms with Crippen LogP contribution in [0, 0.1) is 0 Å². The Hall–Kier alpha value is -0.240. The summed E-state index contributed by atoms with van der Waals surface area (Å²) in [5, 5.41) is 0. The molecule has 56 valence electrons. The SMILES string of the molecule is CC(=O)CC1=CCSCC1. The van der Waals surface area contributed by atoms with Crippen LogP contribution in [0.2, 0.25) is 0 Å². The maximum absolute atomic E-state index is 10.7. The molecule has 0 aromatic rings. The van der Waals surface area contributed by atoms with Gasteiger partial charge in [-0.3, -0.25) is 4.79 Å². The maximum atomic E-state index is 10.7. The van der Waals surface area contributed by atoms with Crippen LogP contribution in [-0.4, -0.2) is 17.3 Å². The van der Waals surface area contributed by atoms with Crippen LogP contribution >= 0.6 is 11.8 Å². The molecule has 0 spiro atoms. The fraction of sp³-hybridized carbons (Fsp3) is 0.625. The zero-order chi connectivity index (χ0) is 7.40. The minimum Gasteiger partial charge on any atom is -0.300 e. The number of hydrogen-bond acceptors (Lipinski definition) is 2. The van der Waals surface area contributed by atoms with Crippen molar-refractivity contribution in [3.8, 4) is 0 Å². The summed E-state index contributed by atoms with van der Waals surface area (Å²) < 4.78 is 0. The summed E-state index contributed by atoms with van der Waals surface area (Å²) in [6.07, 6.45) is 3.99. The average molecular weight is 156 g/mol. The van der Waals surface area contributed by atoms with E-state index in [1.165, 1.54) is 11.3 Å². The predicted molar refractivity (Wildman–Crippen MR) is 45.3 cm³/mol. The molecule has 0 aromatic carbocycles. The molecule has 1 nitrogen and oxygen atoms in total. The number of thioether (sulfide) groups is 1. The molecule has 0 saturated carbocycles. The van der Waals surface area contributed by atoms with Gasteiger partial charge in [-0.25, -0.2) is 0 Å². The molecule has 0 bridgehead atoms. The molecule has 0 N–H and O–H groups in total.